The van der Waals surface area contributed by atoms with Gasteiger partial charge in [-0.1, -0.05) is 54.6 Å². The molecule has 2 heteroatoms. The van der Waals surface area contributed by atoms with Crippen molar-refractivity contribution >= 4 is 0 Å². The molecule has 2 atom stereocenters. The number of nitrogens with one attached hydrogen (secondary N) is 1. The first kappa shape index (κ1) is 13.8. The number of rotatable bonds is 5. The first-order valence-corrected chi connectivity index (χ1v) is 6.73. The van der Waals surface area contributed by atoms with Gasteiger partial charge in [0.25, 0.3) is 0 Å². The maximum atomic E-state index is 9.06. The van der Waals surface area contributed by atoms with Gasteiger partial charge in [-0.25, -0.2) is 0 Å². The van der Waals surface area contributed by atoms with Gasteiger partial charge in [0.1, 0.15) is 0 Å². The molecule has 0 heterocycles. The zero-order chi connectivity index (χ0) is 13.7. The van der Waals surface area contributed by atoms with Crippen molar-refractivity contribution < 1.29 is 5.11 Å². The van der Waals surface area contributed by atoms with E-state index in [1.807, 2.05) is 13.0 Å². The van der Waals surface area contributed by atoms with Crippen molar-refractivity contribution in [3.8, 4) is 11.1 Å². The Kier molecular flexibility index (Phi) is 4.72. The van der Waals surface area contributed by atoms with E-state index in [1.54, 1.807) is 0 Å². The van der Waals surface area contributed by atoms with Crippen LogP contribution in [-0.4, -0.2) is 17.8 Å². The number of benzene rings is 2. The number of aliphatic hydroxyl groups is 1. The van der Waals surface area contributed by atoms with Crippen molar-refractivity contribution in [1.82, 2.24) is 5.32 Å². The van der Waals surface area contributed by atoms with Crippen molar-refractivity contribution in [2.45, 2.75) is 25.9 Å². The van der Waals surface area contributed by atoms with E-state index in [2.05, 4.69) is 60.8 Å². The van der Waals surface area contributed by atoms with Crippen molar-refractivity contribution in [3.63, 3.8) is 0 Å². The monoisotopic (exact) mass is 255 g/mol. The standard InChI is InChI=1S/C17H21NO/c1-13(12-19)18-14(2)15-8-10-17(11-9-15)16-6-4-3-5-7-16/h3-11,13-14,18-19H,12H2,1-2H3. The predicted molar refractivity (Wildman–Crippen MR) is 80.0 cm³/mol. The van der Waals surface area contributed by atoms with Crippen LogP contribution >= 0.6 is 0 Å². The molecule has 0 aliphatic heterocycles. The molecule has 2 aromatic rings. The van der Waals surface area contributed by atoms with Gasteiger partial charge in [0.05, 0.1) is 6.61 Å². The average Bonchev–Trinajstić information content (AvgIpc) is 2.48. The minimum absolute atomic E-state index is 0.115. The van der Waals surface area contributed by atoms with Crippen molar-refractivity contribution in [3.05, 3.63) is 60.2 Å². The Bertz CT molecular complexity index is 492. The van der Waals surface area contributed by atoms with Crippen LogP contribution in [0.2, 0.25) is 0 Å². The molecular formula is C17H21NO. The summed E-state index contributed by atoms with van der Waals surface area (Å²) in [6, 6.07) is 19.3. The van der Waals surface area contributed by atoms with Crippen LogP contribution in [0.25, 0.3) is 11.1 Å². The summed E-state index contributed by atoms with van der Waals surface area (Å²) in [5.74, 6) is 0. The molecular weight excluding hydrogens is 234 g/mol. The van der Waals surface area contributed by atoms with E-state index in [4.69, 9.17) is 5.11 Å². The van der Waals surface area contributed by atoms with E-state index < -0.39 is 0 Å². The highest BCUT2D eigenvalue weighted by Crippen LogP contribution is 2.21. The van der Waals surface area contributed by atoms with Gasteiger partial charge in [-0.15, -0.1) is 0 Å². The minimum Gasteiger partial charge on any atom is -0.395 e. The lowest BCUT2D eigenvalue weighted by molar-refractivity contribution is 0.243. The predicted octanol–water partition coefficient (Wildman–Crippen LogP) is 3.39. The normalized spacial score (nSPS) is 14.1. The summed E-state index contributed by atoms with van der Waals surface area (Å²) >= 11 is 0. The van der Waals surface area contributed by atoms with E-state index in [-0.39, 0.29) is 18.7 Å². The Morgan fingerprint density at radius 1 is 0.895 bits per heavy atom. The van der Waals surface area contributed by atoms with Crippen LogP contribution in [0.15, 0.2) is 54.6 Å². The molecule has 0 spiro atoms. The van der Waals surface area contributed by atoms with Gasteiger partial charge in [0.2, 0.25) is 0 Å². The Labute approximate surface area is 115 Å². The molecule has 0 saturated carbocycles. The molecule has 100 valence electrons. The molecule has 2 aromatic carbocycles. The summed E-state index contributed by atoms with van der Waals surface area (Å²) in [5.41, 5.74) is 3.70. The molecule has 0 aliphatic rings. The number of hydrogen-bond acceptors (Lipinski definition) is 2. The Morgan fingerprint density at radius 3 is 2.05 bits per heavy atom. The second-order valence-electron chi connectivity index (χ2n) is 4.96. The van der Waals surface area contributed by atoms with Crippen LogP contribution < -0.4 is 5.32 Å². The van der Waals surface area contributed by atoms with Crippen LogP contribution in [0, 0.1) is 0 Å². The van der Waals surface area contributed by atoms with E-state index in [0.717, 1.165) is 0 Å². The number of aliphatic hydroxyl groups excluding tert-OH is 1. The van der Waals surface area contributed by atoms with Crippen LogP contribution in [0.5, 0.6) is 0 Å². The molecule has 2 nitrogen and oxygen atoms in total. The van der Waals surface area contributed by atoms with Crippen LogP contribution in [0.3, 0.4) is 0 Å². The smallest absolute Gasteiger partial charge is 0.0582 e. The zero-order valence-electron chi connectivity index (χ0n) is 11.5. The summed E-state index contributed by atoms with van der Waals surface area (Å²) in [6.45, 7) is 4.25. The third-order valence-electron chi connectivity index (χ3n) is 3.33. The second kappa shape index (κ2) is 6.50. The molecule has 2 rings (SSSR count). The highest BCUT2D eigenvalue weighted by atomic mass is 16.3. The Hall–Kier alpha value is -1.64. The van der Waals surface area contributed by atoms with E-state index in [0.29, 0.717) is 0 Å². The molecule has 0 aliphatic carbocycles. The number of hydrogen-bond donors (Lipinski definition) is 2. The fourth-order valence-electron chi connectivity index (χ4n) is 2.17. The highest BCUT2D eigenvalue weighted by molar-refractivity contribution is 5.63. The van der Waals surface area contributed by atoms with E-state index in [1.165, 1.54) is 16.7 Å². The summed E-state index contributed by atoms with van der Waals surface area (Å²) in [6.07, 6.45) is 0. The fourth-order valence-corrected chi connectivity index (χ4v) is 2.17. The average molecular weight is 255 g/mol. The van der Waals surface area contributed by atoms with Crippen molar-refractivity contribution in [2.75, 3.05) is 6.61 Å². The summed E-state index contributed by atoms with van der Waals surface area (Å²) < 4.78 is 0. The molecule has 19 heavy (non-hydrogen) atoms. The molecule has 0 aromatic heterocycles. The zero-order valence-corrected chi connectivity index (χ0v) is 11.5. The van der Waals surface area contributed by atoms with Gasteiger partial charge in [0.15, 0.2) is 0 Å². The molecule has 0 bridgehead atoms. The third kappa shape index (κ3) is 3.66. The largest absolute Gasteiger partial charge is 0.395 e. The first-order chi connectivity index (χ1) is 9.20. The SMILES string of the molecule is CC(CO)NC(C)c1ccc(-c2ccccc2)cc1. The first-order valence-electron chi connectivity index (χ1n) is 6.73. The molecule has 0 radical (unpaired) electrons. The van der Waals surface area contributed by atoms with Crippen LogP contribution in [0.1, 0.15) is 25.5 Å². The summed E-state index contributed by atoms with van der Waals surface area (Å²) in [4.78, 5) is 0. The minimum atomic E-state index is 0.115. The van der Waals surface area contributed by atoms with Crippen molar-refractivity contribution in [2.24, 2.45) is 0 Å². The summed E-state index contributed by atoms with van der Waals surface area (Å²) in [7, 11) is 0. The Morgan fingerprint density at radius 2 is 1.47 bits per heavy atom. The van der Waals surface area contributed by atoms with Gasteiger partial charge < -0.3 is 10.4 Å². The topological polar surface area (TPSA) is 32.3 Å². The van der Waals surface area contributed by atoms with Gasteiger partial charge >= 0.3 is 0 Å². The highest BCUT2D eigenvalue weighted by Gasteiger charge is 2.08. The van der Waals surface area contributed by atoms with Crippen LogP contribution in [-0.2, 0) is 0 Å². The van der Waals surface area contributed by atoms with E-state index >= 15 is 0 Å². The van der Waals surface area contributed by atoms with Gasteiger partial charge in [0, 0.05) is 12.1 Å². The van der Waals surface area contributed by atoms with E-state index in [9.17, 15) is 0 Å². The lowest BCUT2D eigenvalue weighted by atomic mass is 10.0. The lowest BCUT2D eigenvalue weighted by Gasteiger charge is -2.19. The van der Waals surface area contributed by atoms with Crippen LogP contribution in [0.4, 0.5) is 0 Å². The summed E-state index contributed by atoms with van der Waals surface area (Å²) in [5, 5.41) is 12.4. The maximum Gasteiger partial charge on any atom is 0.0582 e. The maximum absolute atomic E-state index is 9.06. The van der Waals surface area contributed by atoms with Crippen molar-refractivity contribution in [1.29, 1.82) is 0 Å². The molecule has 0 fully saturated rings. The van der Waals surface area contributed by atoms with Gasteiger partial charge in [-0.2, -0.15) is 0 Å². The molecule has 0 amide bonds. The third-order valence-corrected chi connectivity index (χ3v) is 3.33. The Balaban J connectivity index is 2.10. The lowest BCUT2D eigenvalue weighted by Crippen LogP contribution is -2.31. The second-order valence-corrected chi connectivity index (χ2v) is 4.96. The quantitative estimate of drug-likeness (QED) is 0.858. The molecule has 2 unspecified atom stereocenters. The van der Waals surface area contributed by atoms with Gasteiger partial charge in [-0.3, -0.25) is 0 Å². The van der Waals surface area contributed by atoms with Gasteiger partial charge in [-0.05, 0) is 30.5 Å². The fraction of sp³-hybridized carbons (Fsp3) is 0.294. The molecule has 2 N–H and O–H groups in total. The molecule has 0 saturated heterocycles.